The summed E-state index contributed by atoms with van der Waals surface area (Å²) in [6.45, 7) is 1.85. The van der Waals surface area contributed by atoms with Gasteiger partial charge in [0.25, 0.3) is 0 Å². The van der Waals surface area contributed by atoms with Crippen molar-refractivity contribution in [2.75, 3.05) is 11.5 Å². The maximum Gasteiger partial charge on any atom is 0.151 e. The standard InChI is InChI=1S/C9H10ClIN2O2S/c1-5-7(11)8(10)13-9(12-5)6-2-3-16(14,15)4-6/h6H,2-4H2,1H3. The number of aryl methyl sites for hydroxylation is 1. The van der Waals surface area contributed by atoms with Crippen molar-refractivity contribution in [3.05, 3.63) is 20.2 Å². The molecule has 1 saturated heterocycles. The van der Waals surface area contributed by atoms with E-state index in [1.807, 2.05) is 6.92 Å². The Morgan fingerprint density at radius 2 is 2.12 bits per heavy atom. The molecule has 16 heavy (non-hydrogen) atoms. The molecule has 0 spiro atoms. The van der Waals surface area contributed by atoms with Crippen molar-refractivity contribution in [3.8, 4) is 0 Å². The zero-order valence-corrected chi connectivity index (χ0v) is 12.3. The van der Waals surface area contributed by atoms with Crippen LogP contribution in [0.3, 0.4) is 0 Å². The number of nitrogens with zero attached hydrogens (tertiary/aromatic N) is 2. The first-order chi connectivity index (χ1) is 7.39. The Morgan fingerprint density at radius 3 is 2.62 bits per heavy atom. The lowest BCUT2D eigenvalue weighted by atomic mass is 10.1. The molecule has 1 aliphatic heterocycles. The highest BCUT2D eigenvalue weighted by molar-refractivity contribution is 14.1. The van der Waals surface area contributed by atoms with Crippen LogP contribution in [0.15, 0.2) is 0 Å². The molecule has 0 radical (unpaired) electrons. The molecular weight excluding hydrogens is 363 g/mol. The summed E-state index contributed by atoms with van der Waals surface area (Å²) in [5, 5.41) is 0.410. The third-order valence-electron chi connectivity index (χ3n) is 2.59. The molecule has 1 aromatic rings. The van der Waals surface area contributed by atoms with Crippen LogP contribution in [0, 0.1) is 10.5 Å². The number of hydrogen-bond donors (Lipinski definition) is 0. The van der Waals surface area contributed by atoms with Crippen LogP contribution < -0.4 is 0 Å². The van der Waals surface area contributed by atoms with E-state index in [1.165, 1.54) is 0 Å². The van der Waals surface area contributed by atoms with E-state index in [9.17, 15) is 8.42 Å². The Labute approximate surface area is 113 Å². The van der Waals surface area contributed by atoms with E-state index in [-0.39, 0.29) is 17.4 Å². The Kier molecular flexibility index (Phi) is 3.42. The van der Waals surface area contributed by atoms with Crippen LogP contribution in [0.25, 0.3) is 0 Å². The van der Waals surface area contributed by atoms with Crippen molar-refractivity contribution in [3.63, 3.8) is 0 Å². The number of halogens is 2. The minimum Gasteiger partial charge on any atom is -0.237 e. The highest BCUT2D eigenvalue weighted by Crippen LogP contribution is 2.29. The maximum atomic E-state index is 11.4. The van der Waals surface area contributed by atoms with Crippen LogP contribution in [0.5, 0.6) is 0 Å². The van der Waals surface area contributed by atoms with E-state index in [0.29, 0.717) is 17.4 Å². The van der Waals surface area contributed by atoms with Gasteiger partial charge in [0, 0.05) is 5.92 Å². The molecule has 1 fully saturated rings. The smallest absolute Gasteiger partial charge is 0.151 e. The average Bonchev–Trinajstić information content (AvgIpc) is 2.54. The van der Waals surface area contributed by atoms with Gasteiger partial charge in [0.15, 0.2) is 9.84 Å². The van der Waals surface area contributed by atoms with Crippen LogP contribution in [-0.2, 0) is 9.84 Å². The second-order valence-corrected chi connectivity index (χ2v) is 7.54. The molecule has 1 unspecified atom stereocenters. The maximum absolute atomic E-state index is 11.4. The number of hydrogen-bond acceptors (Lipinski definition) is 4. The van der Waals surface area contributed by atoms with Gasteiger partial charge >= 0.3 is 0 Å². The van der Waals surface area contributed by atoms with Gasteiger partial charge in [-0.1, -0.05) is 11.6 Å². The van der Waals surface area contributed by atoms with Crippen LogP contribution >= 0.6 is 34.2 Å². The minimum atomic E-state index is -2.90. The Bertz CT molecular complexity index is 509. The first-order valence-electron chi connectivity index (χ1n) is 4.79. The SMILES string of the molecule is Cc1nc(C2CCS(=O)(=O)C2)nc(Cl)c1I. The Hall–Kier alpha value is 0.0500. The summed E-state index contributed by atoms with van der Waals surface area (Å²) in [6, 6.07) is 0. The van der Waals surface area contributed by atoms with E-state index >= 15 is 0 Å². The molecule has 0 saturated carbocycles. The van der Waals surface area contributed by atoms with Gasteiger partial charge in [0.05, 0.1) is 20.8 Å². The first-order valence-corrected chi connectivity index (χ1v) is 8.07. The fraction of sp³-hybridized carbons (Fsp3) is 0.556. The predicted molar refractivity (Wildman–Crippen MR) is 70.5 cm³/mol. The summed E-state index contributed by atoms with van der Waals surface area (Å²) < 4.78 is 23.5. The summed E-state index contributed by atoms with van der Waals surface area (Å²) in [6.07, 6.45) is 0.596. The van der Waals surface area contributed by atoms with Gasteiger partial charge in [-0.25, -0.2) is 18.4 Å². The van der Waals surface area contributed by atoms with Crippen LogP contribution in [-0.4, -0.2) is 29.9 Å². The molecule has 2 rings (SSSR count). The van der Waals surface area contributed by atoms with E-state index < -0.39 is 9.84 Å². The fourth-order valence-electron chi connectivity index (χ4n) is 1.73. The zero-order chi connectivity index (χ0) is 11.9. The normalized spacial score (nSPS) is 23.6. The van der Waals surface area contributed by atoms with Gasteiger partial charge in [-0.2, -0.15) is 0 Å². The lowest BCUT2D eigenvalue weighted by Gasteiger charge is -2.08. The number of aromatic nitrogens is 2. The van der Waals surface area contributed by atoms with Gasteiger partial charge in [-0.15, -0.1) is 0 Å². The summed E-state index contributed by atoms with van der Waals surface area (Å²) in [5.74, 6) is 0.828. The molecule has 0 amide bonds. The van der Waals surface area contributed by atoms with Crippen molar-refractivity contribution < 1.29 is 8.42 Å². The Balaban J connectivity index is 2.36. The summed E-state index contributed by atoms with van der Waals surface area (Å²) >= 11 is 8.04. The molecule has 7 heteroatoms. The molecule has 4 nitrogen and oxygen atoms in total. The first kappa shape index (κ1) is 12.5. The van der Waals surface area contributed by atoms with E-state index in [4.69, 9.17) is 11.6 Å². The topological polar surface area (TPSA) is 59.9 Å². The van der Waals surface area contributed by atoms with Crippen molar-refractivity contribution >= 4 is 44.0 Å². The van der Waals surface area contributed by atoms with Gasteiger partial charge in [-0.3, -0.25) is 0 Å². The van der Waals surface area contributed by atoms with Crippen molar-refractivity contribution in [2.24, 2.45) is 0 Å². The summed E-state index contributed by atoms with van der Waals surface area (Å²) in [7, 11) is -2.90. The second kappa shape index (κ2) is 4.38. The lowest BCUT2D eigenvalue weighted by molar-refractivity contribution is 0.601. The lowest BCUT2D eigenvalue weighted by Crippen LogP contribution is -2.09. The van der Waals surface area contributed by atoms with Crippen LogP contribution in [0.2, 0.25) is 5.15 Å². The van der Waals surface area contributed by atoms with Crippen molar-refractivity contribution in [1.29, 1.82) is 0 Å². The van der Waals surface area contributed by atoms with E-state index in [0.717, 1.165) is 9.26 Å². The molecule has 0 bridgehead atoms. The quantitative estimate of drug-likeness (QED) is 0.558. The van der Waals surface area contributed by atoms with Crippen molar-refractivity contribution in [1.82, 2.24) is 9.97 Å². The Morgan fingerprint density at radius 1 is 1.44 bits per heavy atom. The average molecular weight is 373 g/mol. The highest BCUT2D eigenvalue weighted by atomic mass is 127. The fourth-order valence-corrected chi connectivity index (χ4v) is 3.93. The molecule has 0 aromatic carbocycles. The predicted octanol–water partition coefficient (Wildman–Crippen LogP) is 1.95. The molecule has 0 aliphatic carbocycles. The van der Waals surface area contributed by atoms with Gasteiger partial charge < -0.3 is 0 Å². The minimum absolute atomic E-state index is 0.0989. The highest BCUT2D eigenvalue weighted by Gasteiger charge is 2.31. The van der Waals surface area contributed by atoms with E-state index in [2.05, 4.69) is 32.6 Å². The third kappa shape index (κ3) is 2.48. The second-order valence-electron chi connectivity index (χ2n) is 3.87. The molecular formula is C9H10ClIN2O2S. The van der Waals surface area contributed by atoms with Crippen LogP contribution in [0.1, 0.15) is 23.9 Å². The van der Waals surface area contributed by atoms with Crippen LogP contribution in [0.4, 0.5) is 0 Å². The monoisotopic (exact) mass is 372 g/mol. The summed E-state index contributed by atoms with van der Waals surface area (Å²) in [4.78, 5) is 8.48. The number of rotatable bonds is 1. The molecule has 88 valence electrons. The molecule has 0 N–H and O–H groups in total. The van der Waals surface area contributed by atoms with Gasteiger partial charge in [0.2, 0.25) is 0 Å². The summed E-state index contributed by atoms with van der Waals surface area (Å²) in [5.41, 5.74) is 0.805. The molecule has 1 atom stereocenters. The van der Waals surface area contributed by atoms with Crippen molar-refractivity contribution in [2.45, 2.75) is 19.3 Å². The number of sulfone groups is 1. The van der Waals surface area contributed by atoms with Gasteiger partial charge in [-0.05, 0) is 35.9 Å². The molecule has 2 heterocycles. The molecule has 1 aromatic heterocycles. The third-order valence-corrected chi connectivity index (χ3v) is 6.24. The molecule has 1 aliphatic rings. The van der Waals surface area contributed by atoms with Gasteiger partial charge in [0.1, 0.15) is 11.0 Å². The largest absolute Gasteiger partial charge is 0.237 e. The zero-order valence-electron chi connectivity index (χ0n) is 8.57. The van der Waals surface area contributed by atoms with E-state index in [1.54, 1.807) is 0 Å².